The van der Waals surface area contributed by atoms with Crippen molar-refractivity contribution >= 4 is 16.0 Å². The smallest absolute Gasteiger partial charge is 0.319 e. The number of benzene rings is 1. The van der Waals surface area contributed by atoms with Crippen LogP contribution in [0.15, 0.2) is 18.2 Å². The van der Waals surface area contributed by atoms with E-state index in [0.29, 0.717) is 37.4 Å². The van der Waals surface area contributed by atoms with Gasteiger partial charge in [-0.2, -0.15) is 4.31 Å². The lowest BCUT2D eigenvalue weighted by Crippen LogP contribution is -2.31. The summed E-state index contributed by atoms with van der Waals surface area (Å²) >= 11 is 0. The van der Waals surface area contributed by atoms with Crippen molar-refractivity contribution in [1.29, 1.82) is 0 Å². The number of esters is 1. The molecule has 0 radical (unpaired) electrons. The van der Waals surface area contributed by atoms with E-state index in [2.05, 4.69) is 0 Å². The lowest BCUT2D eigenvalue weighted by atomic mass is 10.1. The van der Waals surface area contributed by atoms with Crippen LogP contribution < -0.4 is 10.5 Å². The van der Waals surface area contributed by atoms with Crippen LogP contribution in [0.2, 0.25) is 0 Å². The third-order valence-corrected chi connectivity index (χ3v) is 7.07. The van der Waals surface area contributed by atoms with Gasteiger partial charge in [0.15, 0.2) is 11.6 Å². The summed E-state index contributed by atoms with van der Waals surface area (Å²) in [4.78, 5) is 10.9. The van der Waals surface area contributed by atoms with Gasteiger partial charge in [0.25, 0.3) is 0 Å². The van der Waals surface area contributed by atoms with Crippen LogP contribution in [-0.2, 0) is 19.6 Å². The summed E-state index contributed by atoms with van der Waals surface area (Å²) in [5, 5.41) is 0. The van der Waals surface area contributed by atoms with Crippen LogP contribution in [-0.4, -0.2) is 51.3 Å². The highest BCUT2D eigenvalue weighted by Gasteiger charge is 2.26. The molecule has 0 unspecified atom stereocenters. The minimum Gasteiger partial charge on any atom is -0.490 e. The normalized spacial score (nSPS) is 15.3. The van der Waals surface area contributed by atoms with Crippen LogP contribution in [0.5, 0.6) is 5.75 Å². The first-order valence-corrected chi connectivity index (χ1v) is 11.6. The predicted octanol–water partition coefficient (Wildman–Crippen LogP) is 2.61. The first-order chi connectivity index (χ1) is 13.7. The quantitative estimate of drug-likeness (QED) is 0.381. The predicted molar refractivity (Wildman–Crippen MR) is 108 cm³/mol. The molecule has 164 valence electrons. The maximum absolute atomic E-state index is 14.0. The van der Waals surface area contributed by atoms with Gasteiger partial charge in [0.1, 0.15) is 0 Å². The zero-order chi connectivity index (χ0) is 21.4. The molecule has 9 heteroatoms. The summed E-state index contributed by atoms with van der Waals surface area (Å²) in [5.41, 5.74) is 5.82. The van der Waals surface area contributed by atoms with E-state index in [1.165, 1.54) is 17.4 Å². The molecule has 1 aromatic rings. The lowest BCUT2D eigenvalue weighted by molar-refractivity contribution is -0.142. The molecule has 0 heterocycles. The molecule has 1 atom stereocenters. The van der Waals surface area contributed by atoms with E-state index in [0.717, 1.165) is 12.8 Å². The fourth-order valence-electron chi connectivity index (χ4n) is 2.79. The van der Waals surface area contributed by atoms with Crippen molar-refractivity contribution in [3.63, 3.8) is 0 Å². The Labute approximate surface area is 172 Å². The molecule has 0 saturated heterocycles. The van der Waals surface area contributed by atoms with Gasteiger partial charge in [-0.05, 0) is 62.6 Å². The van der Waals surface area contributed by atoms with Crippen molar-refractivity contribution in [1.82, 2.24) is 4.31 Å². The zero-order valence-electron chi connectivity index (χ0n) is 17.1. The van der Waals surface area contributed by atoms with Crippen LogP contribution in [0.25, 0.3) is 0 Å². The average molecular weight is 431 g/mol. The molecule has 1 saturated carbocycles. The van der Waals surface area contributed by atoms with Crippen LogP contribution in [0, 0.1) is 11.7 Å². The van der Waals surface area contributed by atoms with Crippen molar-refractivity contribution in [2.75, 3.05) is 32.6 Å². The first-order valence-electron chi connectivity index (χ1n) is 9.98. The molecule has 1 aliphatic rings. The Morgan fingerprint density at radius 3 is 2.69 bits per heavy atom. The highest BCUT2D eigenvalue weighted by molar-refractivity contribution is 7.89. The summed E-state index contributed by atoms with van der Waals surface area (Å²) in [5.74, 6) is -0.255. The standard InChI is InChI=1S/C20H31FN2O5S/c1-15(17-8-9-18(21)19(12-17)28-14-16-6-7-16)23(2)29(25,26)11-5-3-4-10-27-20(24)13-22/h8-9,12,15-16H,3-7,10-11,13-14,22H2,1-2H3/t15-/m1/s1. The molecule has 0 amide bonds. The molecule has 1 fully saturated rings. The topological polar surface area (TPSA) is 98.9 Å². The number of unbranched alkanes of at least 4 members (excludes halogenated alkanes) is 2. The monoisotopic (exact) mass is 430 g/mol. The Balaban J connectivity index is 1.86. The molecule has 1 aromatic carbocycles. The molecular weight excluding hydrogens is 399 g/mol. The fourth-order valence-corrected chi connectivity index (χ4v) is 4.25. The van der Waals surface area contributed by atoms with Crippen LogP contribution >= 0.6 is 0 Å². The van der Waals surface area contributed by atoms with Gasteiger partial charge in [0.2, 0.25) is 10.0 Å². The van der Waals surface area contributed by atoms with Gasteiger partial charge in [0.05, 0.1) is 25.5 Å². The summed E-state index contributed by atoms with van der Waals surface area (Å²) in [7, 11) is -1.96. The van der Waals surface area contributed by atoms with E-state index < -0.39 is 27.9 Å². The number of hydrogen-bond donors (Lipinski definition) is 1. The highest BCUT2D eigenvalue weighted by atomic mass is 32.2. The number of carbonyl (C=O) groups is 1. The summed E-state index contributed by atoms with van der Waals surface area (Å²) in [6.07, 6.45) is 3.87. The Morgan fingerprint density at radius 1 is 1.31 bits per heavy atom. The van der Waals surface area contributed by atoms with E-state index in [1.54, 1.807) is 19.1 Å². The Morgan fingerprint density at radius 2 is 2.03 bits per heavy atom. The molecule has 0 bridgehead atoms. The van der Waals surface area contributed by atoms with Gasteiger partial charge in [0, 0.05) is 13.1 Å². The fraction of sp³-hybridized carbons (Fsp3) is 0.650. The van der Waals surface area contributed by atoms with E-state index in [-0.39, 0.29) is 24.7 Å². The largest absolute Gasteiger partial charge is 0.490 e. The third kappa shape index (κ3) is 7.56. The van der Waals surface area contributed by atoms with Gasteiger partial charge in [-0.15, -0.1) is 0 Å². The maximum Gasteiger partial charge on any atom is 0.319 e. The van der Waals surface area contributed by atoms with Crippen molar-refractivity contribution < 1.29 is 27.1 Å². The van der Waals surface area contributed by atoms with E-state index in [9.17, 15) is 17.6 Å². The van der Waals surface area contributed by atoms with Gasteiger partial charge in [-0.25, -0.2) is 12.8 Å². The number of sulfonamides is 1. The molecule has 0 aromatic heterocycles. The Hall–Kier alpha value is -1.71. The molecule has 1 aliphatic carbocycles. The van der Waals surface area contributed by atoms with E-state index in [1.807, 2.05) is 0 Å². The van der Waals surface area contributed by atoms with Gasteiger partial charge >= 0.3 is 5.97 Å². The Kier molecular flexibility index (Phi) is 8.85. The zero-order valence-corrected chi connectivity index (χ0v) is 17.9. The minimum absolute atomic E-state index is 0.00902. The summed E-state index contributed by atoms with van der Waals surface area (Å²) in [6, 6.07) is 4.04. The van der Waals surface area contributed by atoms with Crippen molar-refractivity contribution in [2.24, 2.45) is 11.7 Å². The summed E-state index contributed by atoms with van der Waals surface area (Å²) < 4.78 is 51.0. The second kappa shape index (κ2) is 10.9. The number of nitrogens with two attached hydrogens (primary N) is 1. The van der Waals surface area contributed by atoms with Crippen molar-refractivity contribution in [3.8, 4) is 5.75 Å². The van der Waals surface area contributed by atoms with E-state index in [4.69, 9.17) is 15.2 Å². The molecule has 0 spiro atoms. The molecule has 2 N–H and O–H groups in total. The van der Waals surface area contributed by atoms with Crippen molar-refractivity contribution in [3.05, 3.63) is 29.6 Å². The number of hydrogen-bond acceptors (Lipinski definition) is 6. The van der Waals surface area contributed by atoms with Crippen LogP contribution in [0.3, 0.4) is 0 Å². The third-order valence-electron chi connectivity index (χ3n) is 5.07. The molecule has 7 nitrogen and oxygen atoms in total. The number of rotatable bonds is 13. The second-order valence-corrected chi connectivity index (χ2v) is 9.59. The molecule has 29 heavy (non-hydrogen) atoms. The highest BCUT2D eigenvalue weighted by Crippen LogP contribution is 2.32. The van der Waals surface area contributed by atoms with E-state index >= 15 is 0 Å². The molecule has 2 rings (SSSR count). The van der Waals surface area contributed by atoms with Gasteiger partial charge in [-0.1, -0.05) is 6.07 Å². The van der Waals surface area contributed by atoms with Crippen LogP contribution in [0.1, 0.15) is 50.6 Å². The Bertz CT molecular complexity index is 783. The minimum atomic E-state index is -3.48. The van der Waals surface area contributed by atoms with Gasteiger partial charge < -0.3 is 15.2 Å². The first kappa shape index (κ1) is 23.6. The number of carbonyl (C=O) groups excluding carboxylic acids is 1. The molecule has 0 aliphatic heterocycles. The van der Waals surface area contributed by atoms with Crippen LogP contribution in [0.4, 0.5) is 4.39 Å². The number of halogens is 1. The van der Waals surface area contributed by atoms with Gasteiger partial charge in [-0.3, -0.25) is 4.79 Å². The lowest BCUT2D eigenvalue weighted by Gasteiger charge is -2.25. The number of ether oxygens (including phenoxy) is 2. The number of nitrogens with zero attached hydrogens (tertiary/aromatic N) is 1. The average Bonchev–Trinajstić information content (AvgIpc) is 3.53. The van der Waals surface area contributed by atoms with Crippen molar-refractivity contribution in [2.45, 2.75) is 45.1 Å². The molecular formula is C20H31FN2O5S. The SMILES string of the molecule is C[C@H](c1ccc(F)c(OCC2CC2)c1)N(C)S(=O)(=O)CCCCCOC(=O)CN. The summed E-state index contributed by atoms with van der Waals surface area (Å²) in [6.45, 7) is 2.33. The maximum atomic E-state index is 14.0. The second-order valence-electron chi connectivity index (χ2n) is 7.44.